The number of hydrogen-bond donors (Lipinski definition) is 1. The van der Waals surface area contributed by atoms with E-state index in [0.717, 1.165) is 12.6 Å². The zero-order valence-corrected chi connectivity index (χ0v) is 10.6. The summed E-state index contributed by atoms with van der Waals surface area (Å²) in [6, 6.07) is 1.34. The van der Waals surface area contributed by atoms with Crippen LogP contribution in [0, 0.1) is 0 Å². The van der Waals surface area contributed by atoms with Gasteiger partial charge in [-0.05, 0) is 19.9 Å². The lowest BCUT2D eigenvalue weighted by Gasteiger charge is -2.28. The van der Waals surface area contributed by atoms with E-state index in [1.807, 2.05) is 0 Å². The van der Waals surface area contributed by atoms with Gasteiger partial charge >= 0.3 is 0 Å². The van der Waals surface area contributed by atoms with Crippen LogP contribution in [0.25, 0.3) is 0 Å². The molecule has 0 saturated heterocycles. The fourth-order valence-corrected chi connectivity index (χ4v) is 1.79. The van der Waals surface area contributed by atoms with Crippen molar-refractivity contribution in [3.05, 3.63) is 0 Å². The van der Waals surface area contributed by atoms with Gasteiger partial charge in [-0.2, -0.15) is 0 Å². The molecule has 0 aliphatic carbocycles. The van der Waals surface area contributed by atoms with Gasteiger partial charge in [0.2, 0.25) is 0 Å². The summed E-state index contributed by atoms with van der Waals surface area (Å²) >= 11 is 0. The first-order chi connectivity index (χ1) is 6.61. The molecule has 0 rings (SSSR count). The van der Waals surface area contributed by atoms with Gasteiger partial charge < -0.3 is 5.32 Å². The first-order valence-corrected chi connectivity index (χ1v) is 6.09. The first kappa shape index (κ1) is 13.9. The summed E-state index contributed by atoms with van der Waals surface area (Å²) in [7, 11) is 0. The standard InChI is InChI=1S/C12H28N2/c1-6-8-12(5)14(7-2)10-9-13-11(3)4/h11-13H,6-10H2,1-5H3. The van der Waals surface area contributed by atoms with Gasteiger partial charge in [0.1, 0.15) is 0 Å². The monoisotopic (exact) mass is 200 g/mol. The molecule has 0 aromatic rings. The first-order valence-electron chi connectivity index (χ1n) is 6.09. The molecular formula is C12H28N2. The van der Waals surface area contributed by atoms with Crippen LogP contribution in [0.1, 0.15) is 47.5 Å². The van der Waals surface area contributed by atoms with Crippen LogP contribution in [0.2, 0.25) is 0 Å². The van der Waals surface area contributed by atoms with Gasteiger partial charge in [0.25, 0.3) is 0 Å². The van der Waals surface area contributed by atoms with Crippen LogP contribution in [-0.4, -0.2) is 36.6 Å². The third-order valence-electron chi connectivity index (χ3n) is 2.69. The van der Waals surface area contributed by atoms with Crippen molar-refractivity contribution in [2.45, 2.75) is 59.5 Å². The van der Waals surface area contributed by atoms with E-state index in [4.69, 9.17) is 0 Å². The number of hydrogen-bond acceptors (Lipinski definition) is 2. The normalized spacial score (nSPS) is 13.9. The van der Waals surface area contributed by atoms with Gasteiger partial charge in [-0.3, -0.25) is 4.90 Å². The Hall–Kier alpha value is -0.0800. The second-order valence-corrected chi connectivity index (χ2v) is 4.38. The maximum Gasteiger partial charge on any atom is 0.0110 e. The minimum absolute atomic E-state index is 0.607. The molecule has 0 aromatic heterocycles. The molecule has 1 N–H and O–H groups in total. The zero-order valence-electron chi connectivity index (χ0n) is 10.6. The Morgan fingerprint density at radius 1 is 1.14 bits per heavy atom. The lowest BCUT2D eigenvalue weighted by atomic mass is 10.1. The molecule has 0 saturated carbocycles. The van der Waals surface area contributed by atoms with Crippen molar-refractivity contribution in [1.82, 2.24) is 10.2 Å². The van der Waals surface area contributed by atoms with E-state index < -0.39 is 0 Å². The fraction of sp³-hybridized carbons (Fsp3) is 1.00. The average molecular weight is 200 g/mol. The molecule has 0 spiro atoms. The van der Waals surface area contributed by atoms with Crippen LogP contribution < -0.4 is 5.32 Å². The molecule has 0 aliphatic rings. The third-order valence-corrected chi connectivity index (χ3v) is 2.69. The predicted molar refractivity (Wildman–Crippen MR) is 64.8 cm³/mol. The summed E-state index contributed by atoms with van der Waals surface area (Å²) < 4.78 is 0. The molecule has 0 radical (unpaired) electrons. The van der Waals surface area contributed by atoms with Crippen molar-refractivity contribution in [2.24, 2.45) is 0 Å². The fourth-order valence-electron chi connectivity index (χ4n) is 1.79. The van der Waals surface area contributed by atoms with Gasteiger partial charge in [-0.1, -0.05) is 34.1 Å². The Bertz CT molecular complexity index is 123. The summed E-state index contributed by atoms with van der Waals surface area (Å²) in [5.74, 6) is 0. The van der Waals surface area contributed by atoms with Crippen molar-refractivity contribution in [1.29, 1.82) is 0 Å². The van der Waals surface area contributed by atoms with E-state index in [-0.39, 0.29) is 0 Å². The Kier molecular flexibility index (Phi) is 8.20. The number of nitrogens with zero attached hydrogens (tertiary/aromatic N) is 1. The van der Waals surface area contributed by atoms with Crippen LogP contribution in [0.15, 0.2) is 0 Å². The number of nitrogens with one attached hydrogen (secondary N) is 1. The Morgan fingerprint density at radius 3 is 2.21 bits per heavy atom. The molecule has 2 nitrogen and oxygen atoms in total. The second kappa shape index (κ2) is 8.25. The van der Waals surface area contributed by atoms with Crippen molar-refractivity contribution in [3.63, 3.8) is 0 Å². The van der Waals surface area contributed by atoms with E-state index in [1.165, 1.54) is 25.9 Å². The summed E-state index contributed by atoms with van der Waals surface area (Å²) in [6.45, 7) is 14.7. The molecule has 2 heteroatoms. The molecule has 0 heterocycles. The molecule has 0 aromatic carbocycles. The molecule has 1 atom stereocenters. The van der Waals surface area contributed by atoms with Crippen LogP contribution in [0.3, 0.4) is 0 Å². The van der Waals surface area contributed by atoms with E-state index in [1.54, 1.807) is 0 Å². The minimum atomic E-state index is 0.607. The van der Waals surface area contributed by atoms with Crippen molar-refractivity contribution in [2.75, 3.05) is 19.6 Å². The van der Waals surface area contributed by atoms with Gasteiger partial charge in [0.05, 0.1) is 0 Å². The average Bonchev–Trinajstić information content (AvgIpc) is 2.12. The molecule has 1 unspecified atom stereocenters. The largest absolute Gasteiger partial charge is 0.313 e. The summed E-state index contributed by atoms with van der Waals surface area (Å²) in [5.41, 5.74) is 0. The smallest absolute Gasteiger partial charge is 0.0110 e. The summed E-state index contributed by atoms with van der Waals surface area (Å²) in [5, 5.41) is 3.47. The Balaban J connectivity index is 3.66. The topological polar surface area (TPSA) is 15.3 Å². The van der Waals surface area contributed by atoms with Gasteiger partial charge in [-0.25, -0.2) is 0 Å². The van der Waals surface area contributed by atoms with Crippen LogP contribution in [0.5, 0.6) is 0 Å². The summed E-state index contributed by atoms with van der Waals surface area (Å²) in [4.78, 5) is 2.55. The molecule has 14 heavy (non-hydrogen) atoms. The number of likely N-dealkylation sites (N-methyl/N-ethyl adjacent to an activating group) is 1. The Morgan fingerprint density at radius 2 is 1.79 bits per heavy atom. The van der Waals surface area contributed by atoms with E-state index in [9.17, 15) is 0 Å². The maximum absolute atomic E-state index is 3.47. The summed E-state index contributed by atoms with van der Waals surface area (Å²) in [6.07, 6.45) is 2.60. The van der Waals surface area contributed by atoms with Gasteiger partial charge in [0.15, 0.2) is 0 Å². The zero-order chi connectivity index (χ0) is 11.0. The second-order valence-electron chi connectivity index (χ2n) is 4.38. The van der Waals surface area contributed by atoms with Gasteiger partial charge in [-0.15, -0.1) is 0 Å². The minimum Gasteiger partial charge on any atom is -0.313 e. The van der Waals surface area contributed by atoms with Crippen molar-refractivity contribution < 1.29 is 0 Å². The van der Waals surface area contributed by atoms with Crippen LogP contribution in [-0.2, 0) is 0 Å². The lowest BCUT2D eigenvalue weighted by Crippen LogP contribution is -2.39. The molecule has 0 bridgehead atoms. The molecular weight excluding hydrogens is 172 g/mol. The third kappa shape index (κ3) is 6.39. The van der Waals surface area contributed by atoms with Crippen molar-refractivity contribution >= 4 is 0 Å². The highest BCUT2D eigenvalue weighted by Gasteiger charge is 2.09. The highest BCUT2D eigenvalue weighted by Crippen LogP contribution is 2.04. The predicted octanol–water partition coefficient (Wildman–Crippen LogP) is 2.49. The van der Waals surface area contributed by atoms with Gasteiger partial charge in [0, 0.05) is 25.2 Å². The van der Waals surface area contributed by atoms with E-state index in [2.05, 4.69) is 44.8 Å². The molecule has 0 amide bonds. The highest BCUT2D eigenvalue weighted by atomic mass is 15.2. The van der Waals surface area contributed by atoms with E-state index >= 15 is 0 Å². The Labute approximate surface area is 90.1 Å². The molecule has 86 valence electrons. The van der Waals surface area contributed by atoms with Crippen LogP contribution >= 0.6 is 0 Å². The number of rotatable bonds is 8. The SMILES string of the molecule is CCCC(C)N(CC)CCNC(C)C. The maximum atomic E-state index is 3.47. The molecule has 0 fully saturated rings. The molecule has 0 aliphatic heterocycles. The van der Waals surface area contributed by atoms with Crippen molar-refractivity contribution in [3.8, 4) is 0 Å². The highest BCUT2D eigenvalue weighted by molar-refractivity contribution is 4.67. The quantitative estimate of drug-likeness (QED) is 0.647. The lowest BCUT2D eigenvalue weighted by molar-refractivity contribution is 0.208. The van der Waals surface area contributed by atoms with E-state index in [0.29, 0.717) is 6.04 Å². The van der Waals surface area contributed by atoms with Crippen LogP contribution in [0.4, 0.5) is 0 Å².